The van der Waals surface area contributed by atoms with Gasteiger partial charge in [0.2, 0.25) is 10.0 Å². The van der Waals surface area contributed by atoms with Crippen molar-refractivity contribution >= 4 is 15.8 Å². The minimum absolute atomic E-state index is 0.193. The molecule has 0 aliphatic rings. The molecule has 0 aliphatic carbocycles. The van der Waals surface area contributed by atoms with Crippen molar-refractivity contribution in [3.05, 3.63) is 0 Å². The van der Waals surface area contributed by atoms with E-state index in [1.54, 1.807) is 6.92 Å². The van der Waals surface area contributed by atoms with Crippen LogP contribution in [0.15, 0.2) is 0 Å². The van der Waals surface area contributed by atoms with Gasteiger partial charge in [0, 0.05) is 6.42 Å². The van der Waals surface area contributed by atoms with Crippen LogP contribution < -0.4 is 4.72 Å². The first-order valence-corrected chi connectivity index (χ1v) is 5.48. The van der Waals surface area contributed by atoms with Crippen LogP contribution in [-0.2, 0) is 14.8 Å². The van der Waals surface area contributed by atoms with Crippen molar-refractivity contribution in [1.29, 1.82) is 5.26 Å². The van der Waals surface area contributed by atoms with Gasteiger partial charge in [-0.05, 0) is 6.92 Å². The molecule has 6 heteroatoms. The monoisotopic (exact) mass is 204 g/mol. The molecule has 0 aromatic rings. The lowest BCUT2D eigenvalue weighted by atomic mass is 10.2. The van der Waals surface area contributed by atoms with E-state index in [4.69, 9.17) is 5.26 Å². The lowest BCUT2D eigenvalue weighted by Crippen LogP contribution is -2.39. The Hall–Kier alpha value is -0.930. The Balaban J connectivity index is 4.30. The summed E-state index contributed by atoms with van der Waals surface area (Å²) in [5.41, 5.74) is 0. The summed E-state index contributed by atoms with van der Waals surface area (Å²) >= 11 is 0. The molecule has 5 nitrogen and oxygen atoms in total. The van der Waals surface area contributed by atoms with Crippen molar-refractivity contribution in [1.82, 2.24) is 4.72 Å². The van der Waals surface area contributed by atoms with Crippen LogP contribution >= 0.6 is 0 Å². The van der Waals surface area contributed by atoms with Gasteiger partial charge >= 0.3 is 0 Å². The van der Waals surface area contributed by atoms with Crippen LogP contribution in [-0.4, -0.2) is 26.0 Å². The minimum Gasteiger partial charge on any atom is -0.298 e. The Bertz CT molecular complexity index is 315. The Morgan fingerprint density at radius 2 is 2.15 bits per heavy atom. The zero-order valence-corrected chi connectivity index (χ0v) is 8.39. The molecule has 74 valence electrons. The number of nitrogens with zero attached hydrogens (tertiary/aromatic N) is 1. The summed E-state index contributed by atoms with van der Waals surface area (Å²) in [5.74, 6) is -0.810. The van der Waals surface area contributed by atoms with Crippen molar-refractivity contribution < 1.29 is 13.2 Å². The third kappa shape index (κ3) is 4.60. The maximum absolute atomic E-state index is 11.0. The number of nitrogens with one attached hydrogen (secondary N) is 1. The number of hydrogen-bond acceptors (Lipinski definition) is 4. The molecule has 13 heavy (non-hydrogen) atoms. The lowest BCUT2D eigenvalue weighted by Gasteiger charge is -2.09. The number of hydrogen-bond donors (Lipinski definition) is 1. The third-order valence-corrected chi connectivity index (χ3v) is 2.66. The average molecular weight is 204 g/mol. The normalized spacial score (nSPS) is 13.3. The average Bonchev–Trinajstić information content (AvgIpc) is 2.01. The summed E-state index contributed by atoms with van der Waals surface area (Å²) in [7, 11) is -3.62. The minimum atomic E-state index is -3.62. The first-order valence-electron chi connectivity index (χ1n) is 3.82. The van der Waals surface area contributed by atoms with E-state index in [2.05, 4.69) is 4.72 Å². The molecule has 0 bridgehead atoms. The van der Waals surface area contributed by atoms with Gasteiger partial charge < -0.3 is 0 Å². The predicted octanol–water partition coefficient (Wildman–Crippen LogP) is -0.203. The van der Waals surface area contributed by atoms with Crippen molar-refractivity contribution in [2.24, 2.45) is 0 Å². The number of Topliss-reactive ketones (excluding diaryl/α,β-unsaturated/α-hetero) is 1. The number of carbonyl (C=O) groups is 1. The second-order valence-electron chi connectivity index (χ2n) is 2.58. The highest BCUT2D eigenvalue weighted by atomic mass is 32.2. The summed E-state index contributed by atoms with van der Waals surface area (Å²) in [6, 6.07) is 0.762. The van der Waals surface area contributed by atoms with Gasteiger partial charge in [-0.2, -0.15) is 5.26 Å². The van der Waals surface area contributed by atoms with Gasteiger partial charge in [-0.3, -0.25) is 4.79 Å². The molecule has 0 fully saturated rings. The summed E-state index contributed by atoms with van der Waals surface area (Å²) in [6.45, 7) is 3.11. The van der Waals surface area contributed by atoms with Crippen LogP contribution in [0.3, 0.4) is 0 Å². The van der Waals surface area contributed by atoms with Crippen molar-refractivity contribution in [3.8, 4) is 6.07 Å². The molecule has 1 unspecified atom stereocenters. The van der Waals surface area contributed by atoms with Gasteiger partial charge in [0.25, 0.3) is 0 Å². The molecule has 0 saturated carbocycles. The largest absolute Gasteiger partial charge is 0.298 e. The Morgan fingerprint density at radius 3 is 2.54 bits per heavy atom. The molecular formula is C7H12N2O3S. The predicted molar refractivity (Wildman–Crippen MR) is 47.3 cm³/mol. The van der Waals surface area contributed by atoms with E-state index in [-0.39, 0.29) is 12.2 Å². The van der Waals surface area contributed by atoms with Crippen LogP contribution in [0.1, 0.15) is 20.3 Å². The highest BCUT2D eigenvalue weighted by molar-refractivity contribution is 7.89. The number of ketones is 1. The molecule has 0 amide bonds. The molecule has 0 aromatic carbocycles. The van der Waals surface area contributed by atoms with Crippen LogP contribution in [0.5, 0.6) is 0 Å². The highest BCUT2D eigenvalue weighted by Crippen LogP contribution is 1.93. The maximum atomic E-state index is 11.0. The standard InChI is InChI=1S/C7H12N2O3S/c1-3-7(10)6(2)9-13(11,12)5-4-8/h6,9H,3,5H2,1-2H3. The summed E-state index contributed by atoms with van der Waals surface area (Å²) < 4.78 is 24.1. The molecule has 0 aliphatic heterocycles. The summed E-state index contributed by atoms with van der Waals surface area (Å²) in [4.78, 5) is 11.0. The van der Waals surface area contributed by atoms with Gasteiger partial charge in [-0.1, -0.05) is 6.92 Å². The molecule has 0 aromatic heterocycles. The number of sulfonamides is 1. The van der Waals surface area contributed by atoms with E-state index in [1.165, 1.54) is 13.0 Å². The zero-order valence-electron chi connectivity index (χ0n) is 7.57. The first-order chi connectivity index (χ1) is 5.93. The molecule has 1 atom stereocenters. The highest BCUT2D eigenvalue weighted by Gasteiger charge is 2.18. The van der Waals surface area contributed by atoms with Crippen molar-refractivity contribution in [3.63, 3.8) is 0 Å². The van der Waals surface area contributed by atoms with E-state index in [9.17, 15) is 13.2 Å². The SMILES string of the molecule is CCC(=O)C(C)NS(=O)(=O)CC#N. The number of rotatable bonds is 5. The van der Waals surface area contributed by atoms with E-state index >= 15 is 0 Å². The maximum Gasteiger partial charge on any atom is 0.225 e. The van der Waals surface area contributed by atoms with Gasteiger partial charge in [0.15, 0.2) is 5.75 Å². The topological polar surface area (TPSA) is 87.0 Å². The fourth-order valence-corrected chi connectivity index (χ4v) is 1.69. The second-order valence-corrected chi connectivity index (χ2v) is 4.33. The molecular weight excluding hydrogens is 192 g/mol. The number of nitriles is 1. The zero-order chi connectivity index (χ0) is 10.5. The van der Waals surface area contributed by atoms with Gasteiger partial charge in [-0.25, -0.2) is 13.1 Å². The Labute approximate surface area is 77.8 Å². The number of carbonyl (C=O) groups excluding carboxylic acids is 1. The molecule has 0 saturated heterocycles. The van der Waals surface area contributed by atoms with Crippen LogP contribution in [0, 0.1) is 11.3 Å². The van der Waals surface area contributed by atoms with E-state index < -0.39 is 21.8 Å². The van der Waals surface area contributed by atoms with Crippen LogP contribution in [0.4, 0.5) is 0 Å². The van der Waals surface area contributed by atoms with E-state index in [0.717, 1.165) is 0 Å². The van der Waals surface area contributed by atoms with Gasteiger partial charge in [0.05, 0.1) is 12.1 Å². The molecule has 0 heterocycles. The van der Waals surface area contributed by atoms with Crippen molar-refractivity contribution in [2.75, 3.05) is 5.75 Å². The molecule has 0 spiro atoms. The van der Waals surface area contributed by atoms with E-state index in [0.29, 0.717) is 0 Å². The summed E-state index contributed by atoms with van der Waals surface area (Å²) in [5, 5.41) is 8.16. The fraction of sp³-hybridized carbons (Fsp3) is 0.714. The first kappa shape index (κ1) is 12.1. The Morgan fingerprint density at radius 1 is 1.62 bits per heavy atom. The lowest BCUT2D eigenvalue weighted by molar-refractivity contribution is -0.119. The fourth-order valence-electron chi connectivity index (χ4n) is 0.768. The van der Waals surface area contributed by atoms with Crippen molar-refractivity contribution in [2.45, 2.75) is 26.3 Å². The van der Waals surface area contributed by atoms with Gasteiger partial charge in [0.1, 0.15) is 5.78 Å². The van der Waals surface area contributed by atoms with E-state index in [1.807, 2.05) is 0 Å². The van der Waals surface area contributed by atoms with Crippen LogP contribution in [0.2, 0.25) is 0 Å². The second kappa shape index (κ2) is 4.94. The van der Waals surface area contributed by atoms with Gasteiger partial charge in [-0.15, -0.1) is 0 Å². The molecule has 1 N–H and O–H groups in total. The molecule has 0 radical (unpaired) electrons. The molecule has 0 rings (SSSR count). The third-order valence-electron chi connectivity index (χ3n) is 1.44. The quantitative estimate of drug-likeness (QED) is 0.671. The van der Waals surface area contributed by atoms with Crippen LogP contribution in [0.25, 0.3) is 0 Å². The Kier molecular flexibility index (Phi) is 4.59. The smallest absolute Gasteiger partial charge is 0.225 e. The summed E-state index contributed by atoms with van der Waals surface area (Å²) in [6.07, 6.45) is 0.274.